The Labute approximate surface area is 114 Å². The third-order valence-electron chi connectivity index (χ3n) is 2.41. The summed E-state index contributed by atoms with van der Waals surface area (Å²) in [6, 6.07) is 5.94. The van der Waals surface area contributed by atoms with Gasteiger partial charge in [0, 0.05) is 11.5 Å². The second kappa shape index (κ2) is 6.24. The molecule has 0 radical (unpaired) electrons. The monoisotopic (exact) mass is 276 g/mol. The standard InChI is InChI=1S/C14H13FN2OS/c1-10-17-13(9-19-10)8-16-14(18)7-4-11-2-5-12(15)6-3-11/h2-7,9H,8H2,1H3,(H,16,18)/b7-4+. The molecular formula is C14H13FN2OS. The van der Waals surface area contributed by atoms with Gasteiger partial charge in [0.05, 0.1) is 17.2 Å². The van der Waals surface area contributed by atoms with E-state index in [1.807, 2.05) is 12.3 Å². The number of rotatable bonds is 4. The largest absolute Gasteiger partial charge is 0.347 e. The first-order chi connectivity index (χ1) is 9.13. The number of amides is 1. The second-order valence-corrected chi connectivity index (χ2v) is 5.02. The van der Waals surface area contributed by atoms with Gasteiger partial charge in [-0.15, -0.1) is 11.3 Å². The molecule has 0 aliphatic heterocycles. The van der Waals surface area contributed by atoms with Crippen molar-refractivity contribution in [2.75, 3.05) is 0 Å². The number of nitrogens with zero attached hydrogens (tertiary/aromatic N) is 1. The Morgan fingerprint density at radius 1 is 1.42 bits per heavy atom. The molecule has 0 fully saturated rings. The van der Waals surface area contributed by atoms with Crippen LogP contribution >= 0.6 is 11.3 Å². The summed E-state index contributed by atoms with van der Waals surface area (Å²) >= 11 is 1.55. The average Bonchev–Trinajstić information content (AvgIpc) is 2.81. The van der Waals surface area contributed by atoms with Crippen molar-refractivity contribution in [2.45, 2.75) is 13.5 Å². The molecule has 0 saturated carbocycles. The fourth-order valence-corrected chi connectivity index (χ4v) is 2.08. The van der Waals surface area contributed by atoms with E-state index in [1.54, 1.807) is 29.5 Å². The van der Waals surface area contributed by atoms with Gasteiger partial charge in [-0.3, -0.25) is 4.79 Å². The van der Waals surface area contributed by atoms with Crippen LogP contribution in [0.2, 0.25) is 0 Å². The van der Waals surface area contributed by atoms with Crippen LogP contribution in [0, 0.1) is 12.7 Å². The van der Waals surface area contributed by atoms with Crippen molar-refractivity contribution in [2.24, 2.45) is 0 Å². The van der Waals surface area contributed by atoms with Crippen LogP contribution in [-0.4, -0.2) is 10.9 Å². The van der Waals surface area contributed by atoms with E-state index in [4.69, 9.17) is 0 Å². The highest BCUT2D eigenvalue weighted by atomic mass is 32.1. The Hall–Kier alpha value is -2.01. The summed E-state index contributed by atoms with van der Waals surface area (Å²) in [4.78, 5) is 15.8. The number of thiazole rings is 1. The number of carbonyl (C=O) groups excluding carboxylic acids is 1. The van der Waals surface area contributed by atoms with Crippen LogP contribution in [0.5, 0.6) is 0 Å². The quantitative estimate of drug-likeness (QED) is 0.872. The summed E-state index contributed by atoms with van der Waals surface area (Å²) in [7, 11) is 0. The Balaban J connectivity index is 1.85. The number of aryl methyl sites for hydroxylation is 1. The van der Waals surface area contributed by atoms with Crippen molar-refractivity contribution in [3.05, 3.63) is 57.8 Å². The van der Waals surface area contributed by atoms with Crippen LogP contribution in [0.3, 0.4) is 0 Å². The molecule has 0 bridgehead atoms. The molecule has 5 heteroatoms. The Bertz CT molecular complexity index is 590. The Kier molecular flexibility index (Phi) is 4.41. The number of halogens is 1. The van der Waals surface area contributed by atoms with Crippen molar-refractivity contribution in [3.63, 3.8) is 0 Å². The summed E-state index contributed by atoms with van der Waals surface area (Å²) in [5, 5.41) is 5.63. The lowest BCUT2D eigenvalue weighted by Crippen LogP contribution is -2.20. The molecule has 2 rings (SSSR count). The zero-order chi connectivity index (χ0) is 13.7. The van der Waals surface area contributed by atoms with Gasteiger partial charge in [0.2, 0.25) is 5.91 Å². The second-order valence-electron chi connectivity index (χ2n) is 3.96. The number of hydrogen-bond acceptors (Lipinski definition) is 3. The highest BCUT2D eigenvalue weighted by Crippen LogP contribution is 2.07. The van der Waals surface area contributed by atoms with Gasteiger partial charge in [-0.25, -0.2) is 9.37 Å². The third-order valence-corrected chi connectivity index (χ3v) is 3.23. The molecule has 0 unspecified atom stereocenters. The van der Waals surface area contributed by atoms with E-state index in [9.17, 15) is 9.18 Å². The van der Waals surface area contributed by atoms with Crippen LogP contribution < -0.4 is 5.32 Å². The van der Waals surface area contributed by atoms with E-state index < -0.39 is 0 Å². The molecule has 19 heavy (non-hydrogen) atoms. The zero-order valence-electron chi connectivity index (χ0n) is 10.4. The zero-order valence-corrected chi connectivity index (χ0v) is 11.2. The normalized spacial score (nSPS) is 10.8. The molecule has 2 aromatic rings. The maximum atomic E-state index is 12.7. The van der Waals surface area contributed by atoms with Crippen LogP contribution in [0.15, 0.2) is 35.7 Å². The fourth-order valence-electron chi connectivity index (χ4n) is 1.47. The molecule has 0 aliphatic rings. The summed E-state index contributed by atoms with van der Waals surface area (Å²) < 4.78 is 12.7. The molecule has 1 N–H and O–H groups in total. The van der Waals surface area contributed by atoms with Crippen LogP contribution in [-0.2, 0) is 11.3 Å². The van der Waals surface area contributed by atoms with Crippen LogP contribution in [0.25, 0.3) is 6.08 Å². The minimum atomic E-state index is -0.291. The molecule has 98 valence electrons. The van der Waals surface area contributed by atoms with Gasteiger partial charge in [-0.1, -0.05) is 12.1 Å². The highest BCUT2D eigenvalue weighted by molar-refractivity contribution is 7.09. The molecule has 0 spiro atoms. The fraction of sp³-hybridized carbons (Fsp3) is 0.143. The van der Waals surface area contributed by atoms with E-state index in [1.165, 1.54) is 18.2 Å². The summed E-state index contributed by atoms with van der Waals surface area (Å²) in [5.74, 6) is -0.490. The lowest BCUT2D eigenvalue weighted by Gasteiger charge is -1.98. The first kappa shape index (κ1) is 13.4. The van der Waals surface area contributed by atoms with Crippen molar-refractivity contribution in [1.82, 2.24) is 10.3 Å². The van der Waals surface area contributed by atoms with Crippen molar-refractivity contribution < 1.29 is 9.18 Å². The maximum Gasteiger partial charge on any atom is 0.244 e. The lowest BCUT2D eigenvalue weighted by atomic mass is 10.2. The average molecular weight is 276 g/mol. The Morgan fingerprint density at radius 3 is 2.79 bits per heavy atom. The third kappa shape index (κ3) is 4.30. The van der Waals surface area contributed by atoms with Gasteiger partial charge < -0.3 is 5.32 Å². The van der Waals surface area contributed by atoms with E-state index in [0.29, 0.717) is 6.54 Å². The topological polar surface area (TPSA) is 42.0 Å². The summed E-state index contributed by atoms with van der Waals surface area (Å²) in [5.41, 5.74) is 1.63. The van der Waals surface area contributed by atoms with Crippen molar-refractivity contribution in [3.8, 4) is 0 Å². The molecule has 3 nitrogen and oxygen atoms in total. The number of carbonyl (C=O) groups is 1. The Morgan fingerprint density at radius 2 is 2.16 bits per heavy atom. The molecule has 0 saturated heterocycles. The van der Waals surface area contributed by atoms with Crippen LogP contribution in [0.1, 0.15) is 16.3 Å². The molecule has 1 aromatic heterocycles. The number of aromatic nitrogens is 1. The first-order valence-electron chi connectivity index (χ1n) is 5.76. The lowest BCUT2D eigenvalue weighted by molar-refractivity contribution is -0.116. The van der Waals surface area contributed by atoms with Gasteiger partial charge in [-0.2, -0.15) is 0 Å². The van der Waals surface area contributed by atoms with E-state index >= 15 is 0 Å². The summed E-state index contributed by atoms with van der Waals surface area (Å²) in [6.45, 7) is 2.33. The van der Waals surface area contributed by atoms with E-state index in [0.717, 1.165) is 16.3 Å². The van der Waals surface area contributed by atoms with E-state index in [2.05, 4.69) is 10.3 Å². The molecule has 0 atom stereocenters. The summed E-state index contributed by atoms with van der Waals surface area (Å²) in [6.07, 6.45) is 3.06. The van der Waals surface area contributed by atoms with E-state index in [-0.39, 0.29) is 11.7 Å². The molecule has 1 heterocycles. The molecule has 0 aliphatic carbocycles. The van der Waals surface area contributed by atoms with Crippen LogP contribution in [0.4, 0.5) is 4.39 Å². The molecule has 1 amide bonds. The van der Waals surface area contributed by atoms with Gasteiger partial charge in [-0.05, 0) is 30.7 Å². The predicted octanol–water partition coefficient (Wildman–Crippen LogP) is 2.92. The van der Waals surface area contributed by atoms with Crippen molar-refractivity contribution >= 4 is 23.3 Å². The van der Waals surface area contributed by atoms with Gasteiger partial charge in [0.15, 0.2) is 0 Å². The van der Waals surface area contributed by atoms with Gasteiger partial charge in [0.1, 0.15) is 5.82 Å². The smallest absolute Gasteiger partial charge is 0.244 e. The predicted molar refractivity (Wildman–Crippen MR) is 74.1 cm³/mol. The maximum absolute atomic E-state index is 12.7. The van der Waals surface area contributed by atoms with Gasteiger partial charge in [0.25, 0.3) is 0 Å². The minimum absolute atomic E-state index is 0.199. The SMILES string of the molecule is Cc1nc(CNC(=O)/C=C/c2ccc(F)cc2)cs1. The molecule has 1 aromatic carbocycles. The van der Waals surface area contributed by atoms with Gasteiger partial charge >= 0.3 is 0 Å². The first-order valence-corrected chi connectivity index (χ1v) is 6.64. The number of hydrogen-bond donors (Lipinski definition) is 1. The highest BCUT2D eigenvalue weighted by Gasteiger charge is 2.00. The number of nitrogens with one attached hydrogen (secondary N) is 1. The molecular weight excluding hydrogens is 263 g/mol. The minimum Gasteiger partial charge on any atom is -0.347 e. The number of benzene rings is 1. The van der Waals surface area contributed by atoms with Crippen molar-refractivity contribution in [1.29, 1.82) is 0 Å².